The number of aryl methyl sites for hydroxylation is 1. The molecule has 1 N–H and O–H groups in total. The molecule has 0 aliphatic rings. The Labute approximate surface area is 205 Å². The highest BCUT2D eigenvalue weighted by atomic mass is 16.5. The molecule has 0 saturated carbocycles. The molecule has 1 atom stereocenters. The van der Waals surface area contributed by atoms with Gasteiger partial charge in [0.25, 0.3) is 0 Å². The van der Waals surface area contributed by atoms with E-state index in [1.165, 1.54) is 10.9 Å². The van der Waals surface area contributed by atoms with Crippen LogP contribution in [0.4, 0.5) is 0 Å². The molecule has 1 aromatic heterocycles. The van der Waals surface area contributed by atoms with Crippen LogP contribution in [0.2, 0.25) is 0 Å². The molecule has 5 rings (SSSR count). The van der Waals surface area contributed by atoms with E-state index in [2.05, 4.69) is 42.6 Å². The minimum atomic E-state index is -0.0272. The smallest absolute Gasteiger partial charge is 0.240 e. The number of amides is 1. The summed E-state index contributed by atoms with van der Waals surface area (Å²) in [6.45, 7) is 2.53. The Kier molecular flexibility index (Phi) is 6.75. The number of carbonyl (C=O) groups excluding carboxylic acids is 1. The fourth-order valence-corrected chi connectivity index (χ4v) is 4.38. The third-order valence-corrected chi connectivity index (χ3v) is 6.24. The van der Waals surface area contributed by atoms with Crippen LogP contribution in [0, 0.1) is 0 Å². The lowest BCUT2D eigenvalue weighted by Gasteiger charge is -2.16. The molecule has 0 fully saturated rings. The first-order chi connectivity index (χ1) is 17.2. The van der Waals surface area contributed by atoms with Crippen molar-refractivity contribution in [1.29, 1.82) is 0 Å². The van der Waals surface area contributed by atoms with Gasteiger partial charge < -0.3 is 14.6 Å². The van der Waals surface area contributed by atoms with Gasteiger partial charge in [0, 0.05) is 6.04 Å². The molecule has 5 aromatic rings. The molecule has 0 unspecified atom stereocenters. The van der Waals surface area contributed by atoms with Crippen molar-refractivity contribution in [3.05, 3.63) is 108 Å². The number of hydrogen-bond donors (Lipinski definition) is 1. The Morgan fingerprint density at radius 3 is 2.51 bits per heavy atom. The number of hydrogen-bond acceptors (Lipinski definition) is 3. The van der Waals surface area contributed by atoms with Crippen LogP contribution in [0.25, 0.3) is 21.8 Å². The summed E-state index contributed by atoms with van der Waals surface area (Å²) < 4.78 is 8.06. The van der Waals surface area contributed by atoms with E-state index in [4.69, 9.17) is 9.72 Å². The number of ether oxygens (including phenoxy) is 1. The summed E-state index contributed by atoms with van der Waals surface area (Å²) in [5.74, 6) is 1.48. The van der Waals surface area contributed by atoms with Crippen LogP contribution in [0.1, 0.15) is 24.7 Å². The maximum Gasteiger partial charge on any atom is 0.240 e. The summed E-state index contributed by atoms with van der Waals surface area (Å²) in [7, 11) is 0. The standard InChI is InChI=1S/C30H29N3O2/c1-22(15-16-23-9-3-2-4-10-23)31-30(34)20-33-28-14-8-7-13-27(28)32-29(33)21-35-26-18-17-24-11-5-6-12-25(24)19-26/h2-14,17-19,22H,15-16,20-21H2,1H3,(H,31,34)/t22-/m0/s1. The highest BCUT2D eigenvalue weighted by Gasteiger charge is 2.16. The zero-order chi connectivity index (χ0) is 24.0. The summed E-state index contributed by atoms with van der Waals surface area (Å²) in [6.07, 6.45) is 1.82. The topological polar surface area (TPSA) is 56.2 Å². The minimum absolute atomic E-state index is 0.0272. The Morgan fingerprint density at radius 1 is 0.914 bits per heavy atom. The van der Waals surface area contributed by atoms with Crippen molar-refractivity contribution in [2.24, 2.45) is 0 Å². The second kappa shape index (κ2) is 10.4. The summed E-state index contributed by atoms with van der Waals surface area (Å²) in [6, 6.07) is 32.6. The van der Waals surface area contributed by atoms with Crippen molar-refractivity contribution in [2.45, 2.75) is 39.0 Å². The van der Waals surface area contributed by atoms with Crippen LogP contribution in [0.15, 0.2) is 97.1 Å². The predicted octanol–water partition coefficient (Wildman–Crippen LogP) is 5.91. The number of carbonyl (C=O) groups is 1. The minimum Gasteiger partial charge on any atom is -0.486 e. The molecule has 0 spiro atoms. The number of nitrogens with zero attached hydrogens (tertiary/aromatic N) is 2. The highest BCUT2D eigenvalue weighted by Crippen LogP contribution is 2.22. The molecule has 176 valence electrons. The summed E-state index contributed by atoms with van der Waals surface area (Å²) in [5.41, 5.74) is 3.06. The van der Waals surface area contributed by atoms with Crippen molar-refractivity contribution in [3.63, 3.8) is 0 Å². The summed E-state index contributed by atoms with van der Waals surface area (Å²) in [4.78, 5) is 17.7. The fraction of sp³-hybridized carbons (Fsp3) is 0.200. The van der Waals surface area contributed by atoms with E-state index in [0.717, 1.165) is 40.8 Å². The van der Waals surface area contributed by atoms with Gasteiger partial charge in [0.15, 0.2) is 0 Å². The third-order valence-electron chi connectivity index (χ3n) is 6.24. The van der Waals surface area contributed by atoms with Crippen molar-refractivity contribution in [1.82, 2.24) is 14.9 Å². The van der Waals surface area contributed by atoms with Crippen LogP contribution in [-0.4, -0.2) is 21.5 Å². The highest BCUT2D eigenvalue weighted by molar-refractivity contribution is 5.84. The molecule has 0 aliphatic heterocycles. The van der Waals surface area contributed by atoms with Crippen molar-refractivity contribution < 1.29 is 9.53 Å². The van der Waals surface area contributed by atoms with Crippen LogP contribution >= 0.6 is 0 Å². The molecule has 0 saturated heterocycles. The van der Waals surface area contributed by atoms with Crippen LogP contribution in [0.3, 0.4) is 0 Å². The lowest BCUT2D eigenvalue weighted by molar-refractivity contribution is -0.122. The van der Waals surface area contributed by atoms with E-state index in [9.17, 15) is 4.79 Å². The number of fused-ring (bicyclic) bond motifs is 2. The molecule has 35 heavy (non-hydrogen) atoms. The van der Waals surface area contributed by atoms with Gasteiger partial charge in [0.1, 0.15) is 24.7 Å². The number of benzene rings is 4. The molecular weight excluding hydrogens is 434 g/mol. The Balaban J connectivity index is 1.27. The number of imidazole rings is 1. The molecule has 1 amide bonds. The average molecular weight is 464 g/mol. The van der Waals surface area contributed by atoms with Gasteiger partial charge in [-0.2, -0.15) is 0 Å². The predicted molar refractivity (Wildman–Crippen MR) is 140 cm³/mol. The second-order valence-corrected chi connectivity index (χ2v) is 8.89. The zero-order valence-electron chi connectivity index (χ0n) is 19.9. The fourth-order valence-electron chi connectivity index (χ4n) is 4.38. The van der Waals surface area contributed by atoms with E-state index in [-0.39, 0.29) is 25.1 Å². The summed E-state index contributed by atoms with van der Waals surface area (Å²) in [5, 5.41) is 5.44. The molecular formula is C30H29N3O2. The zero-order valence-corrected chi connectivity index (χ0v) is 19.9. The van der Waals surface area contributed by atoms with Gasteiger partial charge in [0.2, 0.25) is 5.91 Å². The monoisotopic (exact) mass is 463 g/mol. The van der Waals surface area contributed by atoms with E-state index >= 15 is 0 Å². The first kappa shape index (κ1) is 22.7. The van der Waals surface area contributed by atoms with Crippen molar-refractivity contribution in [3.8, 4) is 5.75 Å². The first-order valence-electron chi connectivity index (χ1n) is 12.0. The van der Waals surface area contributed by atoms with E-state index < -0.39 is 0 Å². The maximum absolute atomic E-state index is 12.9. The average Bonchev–Trinajstić information content (AvgIpc) is 3.23. The molecule has 0 bridgehead atoms. The maximum atomic E-state index is 12.9. The molecule has 1 heterocycles. The lowest BCUT2D eigenvalue weighted by atomic mass is 10.1. The van der Waals surface area contributed by atoms with Gasteiger partial charge in [-0.15, -0.1) is 0 Å². The van der Waals surface area contributed by atoms with Gasteiger partial charge in [-0.1, -0.05) is 72.8 Å². The molecule has 0 radical (unpaired) electrons. The molecule has 5 heteroatoms. The van der Waals surface area contributed by atoms with E-state index in [1.807, 2.05) is 71.3 Å². The van der Waals surface area contributed by atoms with Gasteiger partial charge in [-0.05, 0) is 60.4 Å². The van der Waals surface area contributed by atoms with Crippen LogP contribution in [0.5, 0.6) is 5.75 Å². The number of aromatic nitrogens is 2. The molecule has 5 nitrogen and oxygen atoms in total. The van der Waals surface area contributed by atoms with Gasteiger partial charge in [0.05, 0.1) is 11.0 Å². The second-order valence-electron chi connectivity index (χ2n) is 8.89. The number of nitrogens with one attached hydrogen (secondary N) is 1. The SMILES string of the molecule is C[C@@H](CCc1ccccc1)NC(=O)Cn1c(COc2ccc3ccccc3c2)nc2ccccc21. The Morgan fingerprint density at radius 2 is 1.66 bits per heavy atom. The van der Waals surface area contributed by atoms with Gasteiger partial charge in [-0.3, -0.25) is 4.79 Å². The van der Waals surface area contributed by atoms with Crippen molar-refractivity contribution >= 4 is 27.7 Å². The number of rotatable bonds is 9. The van der Waals surface area contributed by atoms with Gasteiger partial charge >= 0.3 is 0 Å². The quantitative estimate of drug-likeness (QED) is 0.296. The third kappa shape index (κ3) is 5.52. The number of para-hydroxylation sites is 2. The first-order valence-corrected chi connectivity index (χ1v) is 12.0. The van der Waals surface area contributed by atoms with Crippen molar-refractivity contribution in [2.75, 3.05) is 0 Å². The summed E-state index contributed by atoms with van der Waals surface area (Å²) >= 11 is 0. The Bertz CT molecular complexity index is 1440. The molecule has 0 aliphatic carbocycles. The lowest BCUT2D eigenvalue weighted by Crippen LogP contribution is -2.35. The van der Waals surface area contributed by atoms with E-state index in [1.54, 1.807) is 0 Å². The van der Waals surface area contributed by atoms with Gasteiger partial charge in [-0.25, -0.2) is 4.98 Å². The van der Waals surface area contributed by atoms with E-state index in [0.29, 0.717) is 0 Å². The van der Waals surface area contributed by atoms with Crippen LogP contribution < -0.4 is 10.1 Å². The normalized spacial score (nSPS) is 12.0. The van der Waals surface area contributed by atoms with Crippen LogP contribution in [-0.2, 0) is 24.4 Å². The largest absolute Gasteiger partial charge is 0.486 e. The molecule has 4 aromatic carbocycles. The Hall–Kier alpha value is -4.12.